The SMILES string of the molecule is C=C/C=C\C1=C(CBr)C(=O)c2ccccc21. The maximum absolute atomic E-state index is 12.1. The summed E-state index contributed by atoms with van der Waals surface area (Å²) in [6, 6.07) is 7.69. The molecule has 80 valence electrons. The van der Waals surface area contributed by atoms with Gasteiger partial charge in [0.25, 0.3) is 0 Å². The van der Waals surface area contributed by atoms with Gasteiger partial charge in [-0.2, -0.15) is 0 Å². The Morgan fingerprint density at radius 1 is 1.25 bits per heavy atom. The second-order valence-electron chi connectivity index (χ2n) is 3.50. The van der Waals surface area contributed by atoms with Crippen LogP contribution >= 0.6 is 15.9 Å². The van der Waals surface area contributed by atoms with E-state index in [4.69, 9.17) is 0 Å². The number of carbonyl (C=O) groups is 1. The van der Waals surface area contributed by atoms with Gasteiger partial charge in [-0.05, 0) is 11.1 Å². The number of allylic oxidation sites excluding steroid dienone is 5. The summed E-state index contributed by atoms with van der Waals surface area (Å²) in [6.07, 6.45) is 5.50. The van der Waals surface area contributed by atoms with Gasteiger partial charge in [-0.15, -0.1) is 0 Å². The Morgan fingerprint density at radius 2 is 1.94 bits per heavy atom. The van der Waals surface area contributed by atoms with E-state index in [1.165, 1.54) is 0 Å². The van der Waals surface area contributed by atoms with Crippen molar-refractivity contribution in [1.82, 2.24) is 0 Å². The average Bonchev–Trinajstić information content (AvgIpc) is 2.60. The molecule has 0 saturated carbocycles. The van der Waals surface area contributed by atoms with Gasteiger partial charge in [-0.3, -0.25) is 4.79 Å². The molecule has 1 aromatic rings. The Kier molecular flexibility index (Phi) is 3.20. The normalized spacial score (nSPS) is 14.7. The minimum absolute atomic E-state index is 0.121. The van der Waals surface area contributed by atoms with Crippen LogP contribution in [0.1, 0.15) is 15.9 Å². The molecule has 0 aromatic heterocycles. The first-order chi connectivity index (χ1) is 7.79. The lowest BCUT2D eigenvalue weighted by molar-refractivity contribution is 0.103. The first-order valence-corrected chi connectivity index (χ1v) is 6.14. The number of rotatable bonds is 3. The fraction of sp³-hybridized carbons (Fsp3) is 0.0714. The summed E-state index contributed by atoms with van der Waals surface area (Å²) >= 11 is 3.37. The highest BCUT2D eigenvalue weighted by molar-refractivity contribution is 9.09. The lowest BCUT2D eigenvalue weighted by Crippen LogP contribution is -1.98. The minimum atomic E-state index is 0.121. The molecule has 1 nitrogen and oxygen atoms in total. The zero-order valence-corrected chi connectivity index (χ0v) is 10.3. The molecule has 0 atom stereocenters. The van der Waals surface area contributed by atoms with Crippen molar-refractivity contribution in [3.8, 4) is 0 Å². The van der Waals surface area contributed by atoms with Gasteiger partial charge in [-0.25, -0.2) is 0 Å². The number of halogens is 1. The molecule has 0 amide bonds. The summed E-state index contributed by atoms with van der Waals surface area (Å²) in [5.41, 5.74) is 3.62. The third-order valence-corrected chi connectivity index (χ3v) is 3.15. The van der Waals surface area contributed by atoms with Crippen LogP contribution in [-0.4, -0.2) is 11.1 Å². The van der Waals surface area contributed by atoms with Gasteiger partial charge in [0.05, 0.1) is 0 Å². The summed E-state index contributed by atoms with van der Waals surface area (Å²) in [5.74, 6) is 0.121. The van der Waals surface area contributed by atoms with Crippen molar-refractivity contribution in [1.29, 1.82) is 0 Å². The Hall–Kier alpha value is -1.41. The maximum atomic E-state index is 12.1. The second-order valence-corrected chi connectivity index (χ2v) is 4.06. The van der Waals surface area contributed by atoms with Crippen molar-refractivity contribution in [2.75, 3.05) is 5.33 Å². The van der Waals surface area contributed by atoms with Gasteiger partial charge in [0.1, 0.15) is 0 Å². The fourth-order valence-corrected chi connectivity index (χ4v) is 2.41. The van der Waals surface area contributed by atoms with E-state index in [0.717, 1.165) is 22.3 Å². The highest BCUT2D eigenvalue weighted by Gasteiger charge is 2.26. The van der Waals surface area contributed by atoms with E-state index in [1.807, 2.05) is 36.4 Å². The monoisotopic (exact) mass is 274 g/mol. The van der Waals surface area contributed by atoms with E-state index in [-0.39, 0.29) is 5.78 Å². The third-order valence-electron chi connectivity index (χ3n) is 2.59. The van der Waals surface area contributed by atoms with Gasteiger partial charge in [0, 0.05) is 16.5 Å². The Labute approximate surface area is 103 Å². The molecule has 2 heteroatoms. The third kappa shape index (κ3) is 1.69. The Bertz CT molecular complexity index is 509. The molecule has 0 heterocycles. The van der Waals surface area contributed by atoms with Gasteiger partial charge < -0.3 is 0 Å². The van der Waals surface area contributed by atoms with Crippen LogP contribution in [0.5, 0.6) is 0 Å². The number of Topliss-reactive ketones (excluding diaryl/α,β-unsaturated/α-hetero) is 1. The van der Waals surface area contributed by atoms with Crippen LogP contribution in [0.2, 0.25) is 0 Å². The number of alkyl halides is 1. The standard InChI is InChI=1S/C14H11BrO/c1-2-3-6-11-10-7-4-5-8-12(10)14(16)13(11)9-15/h2-8H,1,9H2/b6-3-. The van der Waals surface area contributed by atoms with E-state index in [1.54, 1.807) is 6.08 Å². The van der Waals surface area contributed by atoms with E-state index < -0.39 is 0 Å². The highest BCUT2D eigenvalue weighted by atomic mass is 79.9. The van der Waals surface area contributed by atoms with Crippen LogP contribution in [-0.2, 0) is 0 Å². The van der Waals surface area contributed by atoms with Crippen molar-refractivity contribution < 1.29 is 4.79 Å². The van der Waals surface area contributed by atoms with Gasteiger partial charge >= 0.3 is 0 Å². The number of fused-ring (bicyclic) bond motifs is 1. The smallest absolute Gasteiger partial charge is 0.191 e. The number of hydrogen-bond acceptors (Lipinski definition) is 1. The Balaban J connectivity index is 2.60. The van der Waals surface area contributed by atoms with Crippen LogP contribution in [0.15, 0.2) is 54.6 Å². The van der Waals surface area contributed by atoms with Crippen LogP contribution in [0.3, 0.4) is 0 Å². The van der Waals surface area contributed by atoms with Crippen molar-refractivity contribution >= 4 is 27.3 Å². The molecule has 0 unspecified atom stereocenters. The van der Waals surface area contributed by atoms with Crippen LogP contribution < -0.4 is 0 Å². The van der Waals surface area contributed by atoms with E-state index in [2.05, 4.69) is 22.5 Å². The summed E-state index contributed by atoms with van der Waals surface area (Å²) in [4.78, 5) is 12.1. The molecule has 0 N–H and O–H groups in total. The van der Waals surface area contributed by atoms with Gasteiger partial charge in [-0.1, -0.05) is 65.0 Å². The first-order valence-electron chi connectivity index (χ1n) is 5.02. The van der Waals surface area contributed by atoms with Crippen molar-refractivity contribution in [3.05, 3.63) is 65.8 Å². The maximum Gasteiger partial charge on any atom is 0.191 e. The number of carbonyl (C=O) groups excluding carboxylic acids is 1. The lowest BCUT2D eigenvalue weighted by atomic mass is 10.1. The van der Waals surface area contributed by atoms with Gasteiger partial charge in [0.15, 0.2) is 5.78 Å². The molecule has 16 heavy (non-hydrogen) atoms. The molecular formula is C14H11BrO. The van der Waals surface area contributed by atoms with Crippen molar-refractivity contribution in [3.63, 3.8) is 0 Å². The summed E-state index contributed by atoms with van der Waals surface area (Å²) in [5, 5.41) is 0.581. The summed E-state index contributed by atoms with van der Waals surface area (Å²) < 4.78 is 0. The molecule has 2 rings (SSSR count). The Morgan fingerprint density at radius 3 is 2.56 bits per heavy atom. The second kappa shape index (κ2) is 4.62. The lowest BCUT2D eigenvalue weighted by Gasteiger charge is -1.98. The number of ketones is 1. The zero-order chi connectivity index (χ0) is 11.5. The zero-order valence-electron chi connectivity index (χ0n) is 8.74. The number of benzene rings is 1. The largest absolute Gasteiger partial charge is 0.289 e. The van der Waals surface area contributed by atoms with Gasteiger partial charge in [0.2, 0.25) is 0 Å². The van der Waals surface area contributed by atoms with Crippen molar-refractivity contribution in [2.45, 2.75) is 0 Å². The van der Waals surface area contributed by atoms with Crippen molar-refractivity contribution in [2.24, 2.45) is 0 Å². The molecule has 0 aliphatic heterocycles. The highest BCUT2D eigenvalue weighted by Crippen LogP contribution is 2.34. The van der Waals surface area contributed by atoms with Crippen LogP contribution in [0.4, 0.5) is 0 Å². The molecule has 0 spiro atoms. The predicted molar refractivity (Wildman–Crippen MR) is 70.8 cm³/mol. The molecule has 1 aliphatic rings. The predicted octanol–water partition coefficient (Wildman–Crippen LogP) is 3.77. The molecule has 0 radical (unpaired) electrons. The molecule has 0 bridgehead atoms. The molecule has 0 fully saturated rings. The summed E-state index contributed by atoms with van der Waals surface area (Å²) in [6.45, 7) is 3.64. The molecular weight excluding hydrogens is 264 g/mol. The fourth-order valence-electron chi connectivity index (χ4n) is 1.85. The first kappa shape index (κ1) is 11.1. The van der Waals surface area contributed by atoms with Crippen LogP contribution in [0, 0.1) is 0 Å². The molecule has 0 saturated heterocycles. The quantitative estimate of drug-likeness (QED) is 0.606. The van der Waals surface area contributed by atoms with E-state index in [0.29, 0.717) is 5.33 Å². The average molecular weight is 275 g/mol. The van der Waals surface area contributed by atoms with E-state index >= 15 is 0 Å². The minimum Gasteiger partial charge on any atom is -0.289 e. The number of hydrogen-bond donors (Lipinski definition) is 0. The van der Waals surface area contributed by atoms with E-state index in [9.17, 15) is 4.79 Å². The topological polar surface area (TPSA) is 17.1 Å². The molecule has 1 aromatic carbocycles. The molecule has 1 aliphatic carbocycles. The van der Waals surface area contributed by atoms with Crippen LogP contribution in [0.25, 0.3) is 5.57 Å². The summed E-state index contributed by atoms with van der Waals surface area (Å²) in [7, 11) is 0.